The topological polar surface area (TPSA) is 59.9 Å². The summed E-state index contributed by atoms with van der Waals surface area (Å²) in [5, 5.41) is 1.32. The van der Waals surface area contributed by atoms with E-state index in [0.717, 1.165) is 32.7 Å². The molecule has 1 aromatic heterocycles. The lowest BCUT2D eigenvalue weighted by atomic mass is 10.0. The molecular formula is C18H8Br2N2O2. The maximum absolute atomic E-state index is 12.7. The molecule has 24 heavy (non-hydrogen) atoms. The third-order valence-corrected chi connectivity index (χ3v) is 5.70. The normalized spacial score (nSPS) is 14.5. The quantitative estimate of drug-likeness (QED) is 0.412. The van der Waals surface area contributed by atoms with E-state index in [1.54, 1.807) is 6.07 Å². The van der Waals surface area contributed by atoms with E-state index in [1.807, 2.05) is 18.2 Å². The van der Waals surface area contributed by atoms with Gasteiger partial charge < -0.3 is 0 Å². The Labute approximate surface area is 152 Å². The minimum atomic E-state index is -0.134. The van der Waals surface area contributed by atoms with Crippen molar-refractivity contribution < 1.29 is 0 Å². The molecule has 0 atom stereocenters. The van der Waals surface area contributed by atoms with E-state index in [0.29, 0.717) is 33.0 Å². The van der Waals surface area contributed by atoms with Gasteiger partial charge in [-0.3, -0.25) is 9.59 Å². The molecule has 0 fully saturated rings. The Kier molecular flexibility index (Phi) is 2.89. The fourth-order valence-corrected chi connectivity index (χ4v) is 4.25. The first-order valence-electron chi connectivity index (χ1n) is 7.45. The molecule has 0 N–H and O–H groups in total. The molecule has 116 valence electrons. The first-order chi connectivity index (χ1) is 11.5. The smallest absolute Gasteiger partial charge is 0.214 e. The summed E-state index contributed by atoms with van der Waals surface area (Å²) < 4.78 is 1.83. The van der Waals surface area contributed by atoms with Gasteiger partial charge in [-0.15, -0.1) is 0 Å². The van der Waals surface area contributed by atoms with Crippen molar-refractivity contribution in [3.63, 3.8) is 0 Å². The lowest BCUT2D eigenvalue weighted by Crippen LogP contribution is -2.04. The van der Waals surface area contributed by atoms with E-state index in [2.05, 4.69) is 41.8 Å². The van der Waals surface area contributed by atoms with E-state index in [1.165, 1.54) is 0 Å². The summed E-state index contributed by atoms with van der Waals surface area (Å²) in [5.74, 6) is 0. The molecule has 5 rings (SSSR count). The molecule has 4 aromatic rings. The van der Waals surface area contributed by atoms with Gasteiger partial charge in [-0.2, -0.15) is 0 Å². The van der Waals surface area contributed by atoms with Gasteiger partial charge in [0.05, 0.1) is 5.52 Å². The van der Waals surface area contributed by atoms with Gasteiger partial charge in [-0.05, 0) is 41.1 Å². The third-order valence-electron chi connectivity index (χ3n) is 4.58. The summed E-state index contributed by atoms with van der Waals surface area (Å²) in [6.45, 7) is 0. The number of rotatable bonds is 0. The first kappa shape index (κ1) is 14.4. The molecule has 0 spiro atoms. The van der Waals surface area contributed by atoms with Crippen molar-refractivity contribution in [2.75, 3.05) is 0 Å². The minimum Gasteiger partial charge on any atom is -0.287 e. The van der Waals surface area contributed by atoms with E-state index in [4.69, 9.17) is 0 Å². The van der Waals surface area contributed by atoms with Gasteiger partial charge in [-0.1, -0.05) is 37.9 Å². The lowest BCUT2D eigenvalue weighted by molar-refractivity contribution is 0.987. The second-order valence-electron chi connectivity index (χ2n) is 5.95. The molecule has 0 radical (unpaired) electrons. The number of aromatic nitrogens is 2. The van der Waals surface area contributed by atoms with Gasteiger partial charge >= 0.3 is 0 Å². The van der Waals surface area contributed by atoms with Crippen LogP contribution in [-0.2, 0) is 6.42 Å². The fraction of sp³-hybridized carbons (Fsp3) is 0.111. The Balaban J connectivity index is 2.01. The second kappa shape index (κ2) is 4.80. The summed E-state index contributed by atoms with van der Waals surface area (Å²) in [7, 11) is 0. The highest BCUT2D eigenvalue weighted by Crippen LogP contribution is 2.32. The molecule has 0 saturated carbocycles. The zero-order valence-electron chi connectivity index (χ0n) is 12.2. The highest BCUT2D eigenvalue weighted by Gasteiger charge is 2.23. The number of hydrogen-bond donors (Lipinski definition) is 0. The molecule has 0 bridgehead atoms. The molecule has 4 nitrogen and oxygen atoms in total. The van der Waals surface area contributed by atoms with Gasteiger partial charge in [0, 0.05) is 20.8 Å². The van der Waals surface area contributed by atoms with Gasteiger partial charge in [0.25, 0.3) is 0 Å². The van der Waals surface area contributed by atoms with E-state index in [-0.39, 0.29) is 10.9 Å². The first-order valence-corrected chi connectivity index (χ1v) is 9.04. The second-order valence-corrected chi connectivity index (χ2v) is 7.88. The molecule has 1 aliphatic carbocycles. The van der Waals surface area contributed by atoms with Crippen LogP contribution in [0.3, 0.4) is 0 Å². The Morgan fingerprint density at radius 3 is 2.42 bits per heavy atom. The number of benzene rings is 1. The van der Waals surface area contributed by atoms with Crippen molar-refractivity contribution in [2.24, 2.45) is 0 Å². The maximum Gasteiger partial charge on any atom is 0.214 e. The Bertz CT molecular complexity index is 1310. The summed E-state index contributed by atoms with van der Waals surface area (Å²) in [4.78, 5) is 34.5. The van der Waals surface area contributed by atoms with Crippen molar-refractivity contribution in [3.05, 3.63) is 58.7 Å². The SMILES string of the molecule is O=c1c2c(c3nc4c(=O)c5cc(Br)ccc5c4nc13)CCC(Br)=C2. The van der Waals surface area contributed by atoms with Crippen LogP contribution in [0.25, 0.3) is 38.9 Å². The van der Waals surface area contributed by atoms with Crippen LogP contribution < -0.4 is 10.9 Å². The van der Waals surface area contributed by atoms with Gasteiger partial charge in [0.2, 0.25) is 10.9 Å². The van der Waals surface area contributed by atoms with Crippen LogP contribution in [0.5, 0.6) is 0 Å². The number of fused-ring (bicyclic) bond motifs is 6. The van der Waals surface area contributed by atoms with Crippen molar-refractivity contribution in [1.82, 2.24) is 9.97 Å². The van der Waals surface area contributed by atoms with Crippen molar-refractivity contribution in [2.45, 2.75) is 12.8 Å². The third kappa shape index (κ3) is 1.78. The van der Waals surface area contributed by atoms with Crippen LogP contribution in [0.15, 0.2) is 36.7 Å². The number of hydrogen-bond acceptors (Lipinski definition) is 4. The molecule has 3 aromatic carbocycles. The summed E-state index contributed by atoms with van der Waals surface area (Å²) in [6, 6.07) is 5.48. The molecule has 0 aliphatic heterocycles. The molecule has 0 saturated heterocycles. The predicted octanol–water partition coefficient (Wildman–Crippen LogP) is 3.98. The molecule has 1 aliphatic rings. The van der Waals surface area contributed by atoms with Gasteiger partial charge in [-0.25, -0.2) is 9.97 Å². The Morgan fingerprint density at radius 1 is 0.833 bits per heavy atom. The van der Waals surface area contributed by atoms with Crippen LogP contribution in [0.2, 0.25) is 0 Å². The van der Waals surface area contributed by atoms with Crippen LogP contribution >= 0.6 is 31.9 Å². The Hall–Kier alpha value is -1.92. The van der Waals surface area contributed by atoms with Crippen LogP contribution in [-0.4, -0.2) is 9.97 Å². The van der Waals surface area contributed by atoms with Gasteiger partial charge in [0.1, 0.15) is 16.6 Å². The van der Waals surface area contributed by atoms with Crippen LogP contribution in [0.1, 0.15) is 17.5 Å². The molecular weight excluding hydrogens is 436 g/mol. The largest absolute Gasteiger partial charge is 0.287 e. The summed E-state index contributed by atoms with van der Waals surface area (Å²) in [6.07, 6.45) is 3.40. The number of halogens is 2. The van der Waals surface area contributed by atoms with Crippen molar-refractivity contribution >= 4 is 70.8 Å². The van der Waals surface area contributed by atoms with Crippen LogP contribution in [0.4, 0.5) is 0 Å². The Morgan fingerprint density at radius 2 is 1.58 bits per heavy atom. The molecule has 6 heteroatoms. The number of allylic oxidation sites excluding steroid dienone is 1. The molecule has 0 unspecified atom stereocenters. The number of nitrogens with zero attached hydrogens (tertiary/aromatic N) is 2. The number of aryl methyl sites for hydroxylation is 1. The fourth-order valence-electron chi connectivity index (χ4n) is 3.46. The zero-order chi connectivity index (χ0) is 16.6. The average molecular weight is 444 g/mol. The summed E-state index contributed by atoms with van der Waals surface area (Å²) in [5.41, 5.74) is 3.10. The lowest BCUT2D eigenvalue weighted by Gasteiger charge is -2.07. The highest BCUT2D eigenvalue weighted by molar-refractivity contribution is 9.11. The van der Waals surface area contributed by atoms with E-state index < -0.39 is 0 Å². The van der Waals surface area contributed by atoms with E-state index in [9.17, 15) is 9.59 Å². The minimum absolute atomic E-state index is 0.107. The van der Waals surface area contributed by atoms with Crippen molar-refractivity contribution in [3.8, 4) is 0 Å². The molecule has 0 amide bonds. The standard InChI is InChI=1S/C18H8Br2N2O2/c19-7-1-3-9-11(5-7)17(23)15-13(9)21-16-14(22-15)10-4-2-8(20)6-12(10)18(16)24/h1,3,5-6H,2,4H2. The zero-order valence-corrected chi connectivity index (χ0v) is 15.4. The van der Waals surface area contributed by atoms with Crippen molar-refractivity contribution in [1.29, 1.82) is 0 Å². The van der Waals surface area contributed by atoms with Crippen LogP contribution in [0, 0.1) is 0 Å². The highest BCUT2D eigenvalue weighted by atomic mass is 79.9. The average Bonchev–Trinajstić information content (AvgIpc) is 2.99. The summed E-state index contributed by atoms with van der Waals surface area (Å²) >= 11 is 6.85. The molecule has 1 heterocycles. The van der Waals surface area contributed by atoms with E-state index >= 15 is 0 Å². The monoisotopic (exact) mass is 442 g/mol. The predicted molar refractivity (Wildman–Crippen MR) is 102 cm³/mol. The van der Waals surface area contributed by atoms with Gasteiger partial charge in [0.15, 0.2) is 0 Å². The maximum atomic E-state index is 12.7.